The highest BCUT2D eigenvalue weighted by Gasteiger charge is 2.54. The smallest absolute Gasteiger partial charge is 0.310 e. The number of hydrogen-bond donors (Lipinski definition) is 0. The van der Waals surface area contributed by atoms with Crippen LogP contribution in [-0.4, -0.2) is 70.2 Å². The number of allylic oxidation sites excluding steroid dienone is 1. The quantitative estimate of drug-likeness (QED) is 0.0400. The molecular weight excluding hydrogens is 592 g/mol. The van der Waals surface area contributed by atoms with Crippen molar-refractivity contribution in [1.29, 1.82) is 0 Å². The van der Waals surface area contributed by atoms with Crippen LogP contribution in [0.25, 0.3) is 0 Å². The fourth-order valence-electron chi connectivity index (χ4n) is 6.76. The molecule has 0 aromatic rings. The third kappa shape index (κ3) is 18.3. The highest BCUT2D eigenvalue weighted by atomic mass is 16.9. The minimum absolute atomic E-state index is 0.177. The number of methoxy groups -OCH3 is 1. The molecule has 0 saturated carbocycles. The molecule has 3 unspecified atom stereocenters. The van der Waals surface area contributed by atoms with Gasteiger partial charge >= 0.3 is 5.97 Å². The van der Waals surface area contributed by atoms with E-state index in [1.54, 1.807) is 0 Å². The lowest BCUT2D eigenvalue weighted by atomic mass is 9.74. The van der Waals surface area contributed by atoms with E-state index in [4.69, 9.17) is 33.2 Å². The van der Waals surface area contributed by atoms with Gasteiger partial charge < -0.3 is 33.2 Å². The van der Waals surface area contributed by atoms with Gasteiger partial charge in [0.1, 0.15) is 11.7 Å². The van der Waals surface area contributed by atoms with E-state index in [2.05, 4.69) is 46.8 Å². The summed E-state index contributed by atoms with van der Waals surface area (Å²) < 4.78 is 42.1. The molecule has 0 fully saturated rings. The third-order valence-electron chi connectivity index (χ3n) is 8.85. The standard InChI is InChI=1S/C22H44O3.C18H38O4/c1-8-13-14-15-16-18-20(17-9-2)22(23-7,19-10-3)21(6,24-11-4)25-12-5;1-6-11-12-13-14-15-16-17(19-7-2)18(20-8-3,21-9-4)22-10-5/h9,17,20H,8,10-16,18-19H2,1-7H3;17H,6-16H2,1-5H3. The van der Waals surface area contributed by atoms with Crippen LogP contribution in [0, 0.1) is 5.92 Å². The Morgan fingerprint density at radius 2 is 0.979 bits per heavy atom. The molecule has 0 aromatic heterocycles. The molecule has 0 amide bonds. The molecule has 0 saturated heterocycles. The third-order valence-corrected chi connectivity index (χ3v) is 8.85. The molecule has 0 aliphatic carbocycles. The van der Waals surface area contributed by atoms with E-state index in [9.17, 15) is 0 Å². The van der Waals surface area contributed by atoms with E-state index in [0.717, 1.165) is 32.1 Å². The molecular formula is C40H82O7. The largest absolute Gasteiger partial charge is 0.372 e. The molecule has 0 aliphatic heterocycles. The Hall–Kier alpha value is -0.540. The van der Waals surface area contributed by atoms with E-state index in [1.807, 2.05) is 48.7 Å². The second-order valence-corrected chi connectivity index (χ2v) is 12.4. The lowest BCUT2D eigenvalue weighted by Crippen LogP contribution is -2.61. The lowest BCUT2D eigenvalue weighted by Gasteiger charge is -2.50. The molecule has 0 heterocycles. The summed E-state index contributed by atoms with van der Waals surface area (Å²) >= 11 is 0. The van der Waals surface area contributed by atoms with E-state index in [-0.39, 0.29) is 12.0 Å². The minimum atomic E-state index is -1.06. The molecule has 0 spiro atoms. The molecule has 284 valence electrons. The van der Waals surface area contributed by atoms with Crippen LogP contribution >= 0.6 is 0 Å². The van der Waals surface area contributed by atoms with Gasteiger partial charge in [0.25, 0.3) is 0 Å². The predicted octanol–water partition coefficient (Wildman–Crippen LogP) is 11.4. The second kappa shape index (κ2) is 31.4. The van der Waals surface area contributed by atoms with E-state index in [1.165, 1.54) is 64.2 Å². The average Bonchev–Trinajstić information content (AvgIpc) is 3.05. The Labute approximate surface area is 293 Å². The maximum atomic E-state index is 6.24. The summed E-state index contributed by atoms with van der Waals surface area (Å²) in [4.78, 5) is 0. The fourth-order valence-corrected chi connectivity index (χ4v) is 6.76. The number of unbranched alkanes of at least 4 members (excludes halogenated alkanes) is 9. The van der Waals surface area contributed by atoms with Crippen LogP contribution in [0.4, 0.5) is 0 Å². The number of rotatable bonds is 32. The van der Waals surface area contributed by atoms with Gasteiger partial charge in [0.15, 0.2) is 5.79 Å². The fraction of sp³-hybridized carbons (Fsp3) is 0.950. The first-order valence-electron chi connectivity index (χ1n) is 19.7. The van der Waals surface area contributed by atoms with Crippen LogP contribution in [0.5, 0.6) is 0 Å². The summed E-state index contributed by atoms with van der Waals surface area (Å²) in [5.74, 6) is -1.51. The Balaban J connectivity index is 0. The Bertz CT molecular complexity index is 662. The molecule has 0 bridgehead atoms. The van der Waals surface area contributed by atoms with Crippen LogP contribution in [0.3, 0.4) is 0 Å². The summed E-state index contributed by atoms with van der Waals surface area (Å²) in [5, 5.41) is 0. The maximum absolute atomic E-state index is 6.24. The Morgan fingerprint density at radius 3 is 1.36 bits per heavy atom. The van der Waals surface area contributed by atoms with Gasteiger partial charge in [-0.05, 0) is 74.7 Å². The lowest BCUT2D eigenvalue weighted by molar-refractivity contribution is -0.415. The summed E-state index contributed by atoms with van der Waals surface area (Å²) in [7, 11) is 1.82. The van der Waals surface area contributed by atoms with Crippen molar-refractivity contribution in [2.24, 2.45) is 5.92 Å². The monoisotopic (exact) mass is 675 g/mol. The zero-order valence-corrected chi connectivity index (χ0v) is 33.5. The van der Waals surface area contributed by atoms with Crippen LogP contribution in [0.1, 0.15) is 172 Å². The number of ether oxygens (including phenoxy) is 7. The summed E-state index contributed by atoms with van der Waals surface area (Å²) in [5.41, 5.74) is -0.467. The van der Waals surface area contributed by atoms with Crippen molar-refractivity contribution in [2.45, 2.75) is 196 Å². The molecule has 0 radical (unpaired) electrons. The molecule has 7 nitrogen and oxygen atoms in total. The summed E-state index contributed by atoms with van der Waals surface area (Å²) in [6, 6.07) is 0. The molecule has 0 rings (SSSR count). The highest BCUT2D eigenvalue weighted by molar-refractivity contribution is 5.06. The van der Waals surface area contributed by atoms with E-state index < -0.39 is 17.4 Å². The average molecular weight is 675 g/mol. The normalized spacial score (nSPS) is 15.0. The van der Waals surface area contributed by atoms with Gasteiger partial charge in [0, 0.05) is 52.7 Å². The molecule has 0 N–H and O–H groups in total. The van der Waals surface area contributed by atoms with Gasteiger partial charge in [-0.2, -0.15) is 0 Å². The van der Waals surface area contributed by atoms with Gasteiger partial charge in [-0.25, -0.2) is 0 Å². The van der Waals surface area contributed by atoms with Crippen molar-refractivity contribution in [3.05, 3.63) is 12.2 Å². The van der Waals surface area contributed by atoms with Gasteiger partial charge in [0.2, 0.25) is 0 Å². The van der Waals surface area contributed by atoms with Gasteiger partial charge in [-0.1, -0.05) is 110 Å². The molecule has 47 heavy (non-hydrogen) atoms. The van der Waals surface area contributed by atoms with Crippen molar-refractivity contribution >= 4 is 0 Å². The first-order chi connectivity index (χ1) is 22.7. The highest BCUT2D eigenvalue weighted by Crippen LogP contribution is 2.44. The van der Waals surface area contributed by atoms with E-state index >= 15 is 0 Å². The topological polar surface area (TPSA) is 64.6 Å². The molecule has 7 heteroatoms. The van der Waals surface area contributed by atoms with E-state index in [0.29, 0.717) is 39.6 Å². The van der Waals surface area contributed by atoms with Crippen molar-refractivity contribution in [2.75, 3.05) is 46.8 Å². The Kier molecular flexibility index (Phi) is 32.5. The van der Waals surface area contributed by atoms with Crippen LogP contribution in [-0.2, 0) is 33.2 Å². The first-order valence-corrected chi connectivity index (χ1v) is 19.7. The van der Waals surface area contributed by atoms with Crippen molar-refractivity contribution < 1.29 is 33.2 Å². The zero-order valence-electron chi connectivity index (χ0n) is 33.5. The first kappa shape index (κ1) is 48.6. The van der Waals surface area contributed by atoms with Crippen LogP contribution in [0.2, 0.25) is 0 Å². The van der Waals surface area contributed by atoms with Crippen LogP contribution < -0.4 is 0 Å². The number of hydrogen-bond acceptors (Lipinski definition) is 7. The summed E-state index contributed by atoms with van der Waals surface area (Å²) in [6.45, 7) is 26.3. The molecule has 0 aliphatic rings. The summed E-state index contributed by atoms with van der Waals surface area (Å²) in [6.07, 6.45) is 22.2. The van der Waals surface area contributed by atoms with Gasteiger partial charge in [-0.15, -0.1) is 0 Å². The zero-order chi connectivity index (χ0) is 35.9. The second-order valence-electron chi connectivity index (χ2n) is 12.4. The SMILES string of the molecule is CC=CC(CCCCCCC)C(CCC)(OC)C(C)(OCC)OCC.CCCCCCCCC(OCC)C(OCC)(OCC)OCC. The van der Waals surface area contributed by atoms with Crippen molar-refractivity contribution in [3.8, 4) is 0 Å². The Morgan fingerprint density at radius 1 is 0.532 bits per heavy atom. The maximum Gasteiger partial charge on any atom is 0.310 e. The molecule has 0 aromatic carbocycles. The van der Waals surface area contributed by atoms with Crippen molar-refractivity contribution in [3.63, 3.8) is 0 Å². The van der Waals surface area contributed by atoms with Crippen molar-refractivity contribution in [1.82, 2.24) is 0 Å². The minimum Gasteiger partial charge on any atom is -0.372 e. The molecule has 3 atom stereocenters. The predicted molar refractivity (Wildman–Crippen MR) is 199 cm³/mol. The van der Waals surface area contributed by atoms with Gasteiger partial charge in [-0.3, -0.25) is 0 Å². The van der Waals surface area contributed by atoms with Gasteiger partial charge in [0.05, 0.1) is 0 Å². The van der Waals surface area contributed by atoms with Crippen LogP contribution in [0.15, 0.2) is 12.2 Å².